The van der Waals surface area contributed by atoms with Crippen LogP contribution in [0.25, 0.3) is 0 Å². The fraction of sp³-hybridized carbons (Fsp3) is 0.462. The highest BCUT2D eigenvalue weighted by Crippen LogP contribution is 2.24. The average Bonchev–Trinajstić information content (AvgIpc) is 2.69. The van der Waals surface area contributed by atoms with E-state index in [-0.39, 0.29) is 5.97 Å². The summed E-state index contributed by atoms with van der Waals surface area (Å²) in [6.07, 6.45) is 1.16. The van der Waals surface area contributed by atoms with Gasteiger partial charge in [0.1, 0.15) is 0 Å². The molecule has 0 spiro atoms. The second-order valence-corrected chi connectivity index (χ2v) is 4.19. The smallest absolute Gasteiger partial charge is 0.337 e. The highest BCUT2D eigenvalue weighted by Gasteiger charge is 2.19. The molecule has 1 aromatic rings. The van der Waals surface area contributed by atoms with Crippen LogP contribution in [0.3, 0.4) is 0 Å². The monoisotopic (exact) mass is 219 g/mol. The van der Waals surface area contributed by atoms with E-state index in [4.69, 9.17) is 4.74 Å². The molecule has 3 nitrogen and oxygen atoms in total. The number of fused-ring (bicyclic) bond motifs is 1. The molecule has 0 saturated heterocycles. The van der Waals surface area contributed by atoms with E-state index in [0.29, 0.717) is 5.56 Å². The predicted octanol–water partition coefficient (Wildman–Crippen LogP) is 2.20. The van der Waals surface area contributed by atoms with Crippen LogP contribution in [-0.2, 0) is 17.8 Å². The van der Waals surface area contributed by atoms with Crippen molar-refractivity contribution in [3.05, 3.63) is 34.9 Å². The molecule has 86 valence electrons. The largest absolute Gasteiger partial charge is 0.465 e. The van der Waals surface area contributed by atoms with Crippen molar-refractivity contribution in [3.63, 3.8) is 0 Å². The van der Waals surface area contributed by atoms with Crippen molar-refractivity contribution in [1.29, 1.82) is 0 Å². The third-order valence-electron chi connectivity index (χ3n) is 2.96. The van der Waals surface area contributed by atoms with Crippen molar-refractivity contribution in [2.75, 3.05) is 13.7 Å². The van der Waals surface area contributed by atoms with Crippen LogP contribution >= 0.6 is 0 Å². The van der Waals surface area contributed by atoms with E-state index in [1.807, 2.05) is 18.2 Å². The Balaban J connectivity index is 2.17. The number of carbonyl (C=O) groups excluding carboxylic acids is 1. The van der Waals surface area contributed by atoms with Crippen LogP contribution < -0.4 is 0 Å². The standard InChI is InChI=1S/C13H17NO2/c1-3-6-14-8-11-5-4-10(13(15)16-2)7-12(11)9-14/h4-5,7H,3,6,8-9H2,1-2H3. The zero-order chi connectivity index (χ0) is 11.5. The number of benzene rings is 1. The Morgan fingerprint density at radius 3 is 2.81 bits per heavy atom. The van der Waals surface area contributed by atoms with Gasteiger partial charge in [0.05, 0.1) is 12.7 Å². The lowest BCUT2D eigenvalue weighted by Crippen LogP contribution is -2.16. The summed E-state index contributed by atoms with van der Waals surface area (Å²) < 4.78 is 4.72. The summed E-state index contributed by atoms with van der Waals surface area (Å²) in [4.78, 5) is 13.8. The topological polar surface area (TPSA) is 29.5 Å². The fourth-order valence-electron chi connectivity index (χ4n) is 2.18. The molecule has 0 bridgehead atoms. The van der Waals surface area contributed by atoms with E-state index in [2.05, 4.69) is 11.8 Å². The van der Waals surface area contributed by atoms with Crippen LogP contribution in [-0.4, -0.2) is 24.5 Å². The Morgan fingerprint density at radius 1 is 1.38 bits per heavy atom. The molecule has 0 unspecified atom stereocenters. The van der Waals surface area contributed by atoms with Crippen molar-refractivity contribution in [3.8, 4) is 0 Å². The number of esters is 1. The third-order valence-corrected chi connectivity index (χ3v) is 2.96. The first-order valence-electron chi connectivity index (χ1n) is 5.67. The van der Waals surface area contributed by atoms with E-state index < -0.39 is 0 Å². The quantitative estimate of drug-likeness (QED) is 0.730. The van der Waals surface area contributed by atoms with Crippen molar-refractivity contribution >= 4 is 5.97 Å². The third kappa shape index (κ3) is 2.09. The minimum atomic E-state index is -0.253. The first-order valence-corrected chi connectivity index (χ1v) is 5.67. The van der Waals surface area contributed by atoms with Crippen LogP contribution in [0.4, 0.5) is 0 Å². The summed E-state index contributed by atoms with van der Waals surface area (Å²) in [5, 5.41) is 0. The minimum absolute atomic E-state index is 0.253. The van der Waals surface area contributed by atoms with Gasteiger partial charge in [-0.2, -0.15) is 0 Å². The molecule has 1 aromatic carbocycles. The summed E-state index contributed by atoms with van der Waals surface area (Å²) in [6.45, 7) is 5.25. The van der Waals surface area contributed by atoms with E-state index in [9.17, 15) is 4.79 Å². The Morgan fingerprint density at radius 2 is 2.12 bits per heavy atom. The van der Waals surface area contributed by atoms with Crippen LogP contribution in [0, 0.1) is 0 Å². The number of nitrogens with zero attached hydrogens (tertiary/aromatic N) is 1. The maximum Gasteiger partial charge on any atom is 0.337 e. The second-order valence-electron chi connectivity index (χ2n) is 4.19. The molecule has 0 aromatic heterocycles. The van der Waals surface area contributed by atoms with E-state index in [1.165, 1.54) is 18.2 Å². The lowest BCUT2D eigenvalue weighted by Gasteiger charge is -2.11. The van der Waals surface area contributed by atoms with Gasteiger partial charge in [-0.15, -0.1) is 0 Å². The fourth-order valence-corrected chi connectivity index (χ4v) is 2.18. The molecule has 0 radical (unpaired) electrons. The van der Waals surface area contributed by atoms with Crippen molar-refractivity contribution in [2.45, 2.75) is 26.4 Å². The maximum atomic E-state index is 11.4. The van der Waals surface area contributed by atoms with E-state index >= 15 is 0 Å². The molecule has 0 aliphatic carbocycles. The van der Waals surface area contributed by atoms with Crippen LogP contribution in [0.15, 0.2) is 18.2 Å². The summed E-state index contributed by atoms with van der Waals surface area (Å²) in [6, 6.07) is 5.84. The number of ether oxygens (including phenoxy) is 1. The summed E-state index contributed by atoms with van der Waals surface area (Å²) in [5.41, 5.74) is 3.25. The molecule has 0 saturated carbocycles. The number of methoxy groups -OCH3 is 1. The minimum Gasteiger partial charge on any atom is -0.465 e. The Hall–Kier alpha value is -1.35. The number of rotatable bonds is 3. The molecular formula is C13H17NO2. The van der Waals surface area contributed by atoms with Gasteiger partial charge in [-0.05, 0) is 36.2 Å². The molecule has 1 aliphatic heterocycles. The molecule has 0 N–H and O–H groups in total. The Bertz CT molecular complexity index is 401. The lowest BCUT2D eigenvalue weighted by atomic mass is 10.1. The van der Waals surface area contributed by atoms with Crippen molar-refractivity contribution in [2.24, 2.45) is 0 Å². The van der Waals surface area contributed by atoms with Crippen LogP contribution in [0.1, 0.15) is 34.8 Å². The van der Waals surface area contributed by atoms with Gasteiger partial charge < -0.3 is 4.74 Å². The van der Waals surface area contributed by atoms with Crippen molar-refractivity contribution < 1.29 is 9.53 Å². The normalized spacial score (nSPS) is 14.9. The van der Waals surface area contributed by atoms with Crippen LogP contribution in [0.2, 0.25) is 0 Å². The lowest BCUT2D eigenvalue weighted by molar-refractivity contribution is 0.0600. The van der Waals surface area contributed by atoms with Crippen LogP contribution in [0.5, 0.6) is 0 Å². The van der Waals surface area contributed by atoms with E-state index in [1.54, 1.807) is 0 Å². The van der Waals surface area contributed by atoms with Gasteiger partial charge in [0.15, 0.2) is 0 Å². The highest BCUT2D eigenvalue weighted by atomic mass is 16.5. The summed E-state index contributed by atoms with van der Waals surface area (Å²) >= 11 is 0. The number of hydrogen-bond acceptors (Lipinski definition) is 3. The second kappa shape index (κ2) is 4.66. The maximum absolute atomic E-state index is 11.4. The van der Waals surface area contributed by atoms with Gasteiger partial charge in [-0.25, -0.2) is 4.79 Å². The van der Waals surface area contributed by atoms with Gasteiger partial charge in [-0.3, -0.25) is 4.90 Å². The molecule has 3 heteroatoms. The molecular weight excluding hydrogens is 202 g/mol. The Labute approximate surface area is 96.0 Å². The molecule has 1 heterocycles. The van der Waals surface area contributed by atoms with Gasteiger partial charge >= 0.3 is 5.97 Å². The van der Waals surface area contributed by atoms with Gasteiger partial charge in [0.2, 0.25) is 0 Å². The van der Waals surface area contributed by atoms with Crippen molar-refractivity contribution in [1.82, 2.24) is 4.90 Å². The first kappa shape index (κ1) is 11.1. The zero-order valence-electron chi connectivity index (χ0n) is 9.82. The average molecular weight is 219 g/mol. The van der Waals surface area contributed by atoms with E-state index in [0.717, 1.165) is 26.1 Å². The molecule has 0 atom stereocenters. The molecule has 16 heavy (non-hydrogen) atoms. The number of hydrogen-bond donors (Lipinski definition) is 0. The molecule has 1 aliphatic rings. The summed E-state index contributed by atoms with van der Waals surface area (Å²) in [5.74, 6) is -0.253. The van der Waals surface area contributed by atoms with Gasteiger partial charge in [-0.1, -0.05) is 13.0 Å². The summed E-state index contributed by atoms with van der Waals surface area (Å²) in [7, 11) is 1.42. The first-order chi connectivity index (χ1) is 7.74. The van der Waals surface area contributed by atoms with Gasteiger partial charge in [0, 0.05) is 13.1 Å². The molecule has 0 amide bonds. The molecule has 0 fully saturated rings. The predicted molar refractivity (Wildman–Crippen MR) is 62.2 cm³/mol. The zero-order valence-corrected chi connectivity index (χ0v) is 9.82. The highest BCUT2D eigenvalue weighted by molar-refractivity contribution is 5.89. The Kier molecular flexibility index (Phi) is 3.25. The van der Waals surface area contributed by atoms with Gasteiger partial charge in [0.25, 0.3) is 0 Å². The SMILES string of the molecule is CCCN1Cc2ccc(C(=O)OC)cc2C1. The number of carbonyl (C=O) groups is 1. The molecule has 2 rings (SSSR count).